The normalized spacial score (nSPS) is 18.1. The van der Waals surface area contributed by atoms with Crippen molar-refractivity contribution in [2.75, 3.05) is 57.9 Å². The van der Waals surface area contributed by atoms with Crippen molar-refractivity contribution in [1.82, 2.24) is 14.8 Å². The Morgan fingerprint density at radius 2 is 1.71 bits per heavy atom. The molecule has 3 heterocycles. The SMILES string of the molecule is COCC(=O)N1CCN(C(=O)c2ccc(N3CCCC3)nc2)CC1. The van der Waals surface area contributed by atoms with Crippen molar-refractivity contribution in [2.24, 2.45) is 0 Å². The lowest BCUT2D eigenvalue weighted by Gasteiger charge is -2.34. The molecule has 0 bridgehead atoms. The Labute approximate surface area is 142 Å². The van der Waals surface area contributed by atoms with Gasteiger partial charge in [0.05, 0.1) is 5.56 Å². The van der Waals surface area contributed by atoms with Gasteiger partial charge in [-0.05, 0) is 25.0 Å². The summed E-state index contributed by atoms with van der Waals surface area (Å²) in [4.78, 5) is 34.6. The van der Waals surface area contributed by atoms with E-state index in [-0.39, 0.29) is 18.4 Å². The summed E-state index contributed by atoms with van der Waals surface area (Å²) < 4.78 is 4.87. The molecule has 2 fully saturated rings. The van der Waals surface area contributed by atoms with Crippen LogP contribution in [0, 0.1) is 0 Å². The van der Waals surface area contributed by atoms with Crippen molar-refractivity contribution in [3.8, 4) is 0 Å². The molecule has 0 saturated carbocycles. The number of nitrogens with zero attached hydrogens (tertiary/aromatic N) is 4. The zero-order chi connectivity index (χ0) is 16.9. The summed E-state index contributed by atoms with van der Waals surface area (Å²) in [7, 11) is 1.51. The van der Waals surface area contributed by atoms with Crippen LogP contribution in [0.1, 0.15) is 23.2 Å². The summed E-state index contributed by atoms with van der Waals surface area (Å²) in [5.74, 6) is 0.898. The number of carbonyl (C=O) groups excluding carboxylic acids is 2. The molecule has 1 aromatic rings. The van der Waals surface area contributed by atoms with Crippen molar-refractivity contribution in [3.05, 3.63) is 23.9 Å². The van der Waals surface area contributed by atoms with E-state index in [0.29, 0.717) is 31.7 Å². The average molecular weight is 332 g/mol. The first-order valence-electron chi connectivity index (χ1n) is 8.46. The number of anilines is 1. The highest BCUT2D eigenvalue weighted by molar-refractivity contribution is 5.94. The van der Waals surface area contributed by atoms with Gasteiger partial charge in [0, 0.05) is 52.6 Å². The van der Waals surface area contributed by atoms with Crippen LogP contribution in [-0.4, -0.2) is 79.6 Å². The molecule has 0 N–H and O–H groups in total. The van der Waals surface area contributed by atoms with E-state index in [0.717, 1.165) is 18.9 Å². The van der Waals surface area contributed by atoms with Gasteiger partial charge >= 0.3 is 0 Å². The van der Waals surface area contributed by atoms with Gasteiger partial charge in [-0.3, -0.25) is 9.59 Å². The van der Waals surface area contributed by atoms with Crippen LogP contribution in [-0.2, 0) is 9.53 Å². The zero-order valence-corrected chi connectivity index (χ0v) is 14.1. The molecule has 7 heteroatoms. The second-order valence-corrected chi connectivity index (χ2v) is 6.21. The molecular weight excluding hydrogens is 308 g/mol. The smallest absolute Gasteiger partial charge is 0.255 e. The first kappa shape index (κ1) is 16.7. The van der Waals surface area contributed by atoms with Crippen LogP contribution in [0.5, 0.6) is 0 Å². The van der Waals surface area contributed by atoms with Gasteiger partial charge in [-0.25, -0.2) is 4.98 Å². The van der Waals surface area contributed by atoms with Crippen LogP contribution in [0.2, 0.25) is 0 Å². The molecule has 2 aliphatic heterocycles. The Bertz CT molecular complexity index is 576. The summed E-state index contributed by atoms with van der Waals surface area (Å²) in [5.41, 5.74) is 0.606. The molecule has 2 saturated heterocycles. The molecule has 1 aromatic heterocycles. The first-order chi connectivity index (χ1) is 11.7. The second-order valence-electron chi connectivity index (χ2n) is 6.21. The summed E-state index contributed by atoms with van der Waals surface area (Å²) in [5, 5.41) is 0. The number of aromatic nitrogens is 1. The molecule has 0 aromatic carbocycles. The van der Waals surface area contributed by atoms with E-state index in [1.165, 1.54) is 20.0 Å². The summed E-state index contributed by atoms with van der Waals surface area (Å²) >= 11 is 0. The Morgan fingerprint density at radius 1 is 1.04 bits per heavy atom. The fraction of sp³-hybridized carbons (Fsp3) is 0.588. The molecular formula is C17H24N4O3. The van der Waals surface area contributed by atoms with E-state index < -0.39 is 0 Å². The van der Waals surface area contributed by atoms with E-state index >= 15 is 0 Å². The maximum Gasteiger partial charge on any atom is 0.255 e. The summed E-state index contributed by atoms with van der Waals surface area (Å²) in [6.07, 6.45) is 4.07. The predicted molar refractivity (Wildman–Crippen MR) is 90.0 cm³/mol. The molecule has 0 aliphatic carbocycles. The highest BCUT2D eigenvalue weighted by Crippen LogP contribution is 2.18. The van der Waals surface area contributed by atoms with Gasteiger partial charge in [-0.2, -0.15) is 0 Å². The predicted octanol–water partition coefficient (Wildman–Crippen LogP) is 0.613. The summed E-state index contributed by atoms with van der Waals surface area (Å²) in [6, 6.07) is 3.78. The van der Waals surface area contributed by atoms with Crippen LogP contribution >= 0.6 is 0 Å². The third-order valence-electron chi connectivity index (χ3n) is 4.61. The topological polar surface area (TPSA) is 66.0 Å². The molecule has 0 unspecified atom stereocenters. The van der Waals surface area contributed by atoms with Crippen molar-refractivity contribution in [2.45, 2.75) is 12.8 Å². The Kier molecular flexibility index (Phi) is 5.30. The molecule has 2 amide bonds. The highest BCUT2D eigenvalue weighted by atomic mass is 16.5. The second kappa shape index (κ2) is 7.61. The first-order valence-corrected chi connectivity index (χ1v) is 8.46. The van der Waals surface area contributed by atoms with E-state index in [4.69, 9.17) is 4.74 Å². The Hall–Kier alpha value is -2.15. The van der Waals surface area contributed by atoms with Crippen LogP contribution < -0.4 is 4.90 Å². The Balaban J connectivity index is 1.56. The number of hydrogen-bond donors (Lipinski definition) is 0. The van der Waals surface area contributed by atoms with Gasteiger partial charge in [0.15, 0.2) is 0 Å². The third kappa shape index (κ3) is 3.67. The highest BCUT2D eigenvalue weighted by Gasteiger charge is 2.25. The number of rotatable bonds is 4. The molecule has 0 radical (unpaired) electrons. The lowest BCUT2D eigenvalue weighted by Crippen LogP contribution is -2.51. The van der Waals surface area contributed by atoms with E-state index in [1.54, 1.807) is 16.0 Å². The van der Waals surface area contributed by atoms with Crippen molar-refractivity contribution >= 4 is 17.6 Å². The van der Waals surface area contributed by atoms with Gasteiger partial charge < -0.3 is 19.4 Å². The summed E-state index contributed by atoms with van der Waals surface area (Å²) in [6.45, 7) is 4.36. The van der Waals surface area contributed by atoms with Gasteiger partial charge in [0.25, 0.3) is 5.91 Å². The maximum atomic E-state index is 12.6. The van der Waals surface area contributed by atoms with E-state index in [9.17, 15) is 9.59 Å². The standard InChI is InChI=1S/C17H24N4O3/c1-24-13-16(22)20-8-10-21(11-9-20)17(23)14-4-5-15(18-12-14)19-6-2-3-7-19/h4-5,12H,2-3,6-11,13H2,1H3. The molecule has 24 heavy (non-hydrogen) atoms. The van der Waals surface area contributed by atoms with Gasteiger partial charge in [0.2, 0.25) is 5.91 Å². The number of piperazine rings is 1. The molecule has 0 atom stereocenters. The lowest BCUT2D eigenvalue weighted by molar-refractivity contribution is -0.136. The largest absolute Gasteiger partial charge is 0.375 e. The van der Waals surface area contributed by atoms with Crippen LogP contribution in [0.4, 0.5) is 5.82 Å². The molecule has 3 rings (SSSR count). The van der Waals surface area contributed by atoms with Crippen molar-refractivity contribution in [3.63, 3.8) is 0 Å². The minimum absolute atomic E-state index is 0.0192. The number of pyridine rings is 1. The minimum Gasteiger partial charge on any atom is -0.375 e. The quantitative estimate of drug-likeness (QED) is 0.808. The fourth-order valence-electron chi connectivity index (χ4n) is 3.20. The molecule has 2 aliphatic rings. The maximum absolute atomic E-state index is 12.6. The van der Waals surface area contributed by atoms with Gasteiger partial charge in [0.1, 0.15) is 12.4 Å². The number of hydrogen-bond acceptors (Lipinski definition) is 5. The molecule has 0 spiro atoms. The van der Waals surface area contributed by atoms with Crippen molar-refractivity contribution in [1.29, 1.82) is 0 Å². The molecule has 130 valence electrons. The van der Waals surface area contributed by atoms with E-state index in [2.05, 4.69) is 9.88 Å². The number of methoxy groups -OCH3 is 1. The number of carbonyl (C=O) groups is 2. The van der Waals surface area contributed by atoms with Crippen LogP contribution in [0.15, 0.2) is 18.3 Å². The molecule has 7 nitrogen and oxygen atoms in total. The number of ether oxygens (including phenoxy) is 1. The average Bonchev–Trinajstić information content (AvgIpc) is 3.16. The van der Waals surface area contributed by atoms with Crippen LogP contribution in [0.3, 0.4) is 0 Å². The monoisotopic (exact) mass is 332 g/mol. The lowest BCUT2D eigenvalue weighted by atomic mass is 10.2. The number of amides is 2. The minimum atomic E-state index is -0.0266. The fourth-order valence-corrected chi connectivity index (χ4v) is 3.20. The van der Waals surface area contributed by atoms with Gasteiger partial charge in [-0.15, -0.1) is 0 Å². The van der Waals surface area contributed by atoms with Crippen molar-refractivity contribution < 1.29 is 14.3 Å². The third-order valence-corrected chi connectivity index (χ3v) is 4.61. The Morgan fingerprint density at radius 3 is 2.29 bits per heavy atom. The zero-order valence-electron chi connectivity index (χ0n) is 14.1. The van der Waals surface area contributed by atoms with Crippen LogP contribution in [0.25, 0.3) is 0 Å². The van der Waals surface area contributed by atoms with Gasteiger partial charge in [-0.1, -0.05) is 0 Å². The van der Waals surface area contributed by atoms with E-state index in [1.807, 2.05) is 12.1 Å².